The second-order valence-corrected chi connectivity index (χ2v) is 8.96. The minimum Gasteiger partial charge on any atom is -0.343 e. The summed E-state index contributed by atoms with van der Waals surface area (Å²) in [4.78, 5) is 28.0. The van der Waals surface area contributed by atoms with Crippen molar-refractivity contribution < 1.29 is 9.59 Å². The van der Waals surface area contributed by atoms with Crippen LogP contribution in [0.5, 0.6) is 0 Å². The van der Waals surface area contributed by atoms with Gasteiger partial charge in [-0.1, -0.05) is 20.8 Å². The Bertz CT molecular complexity index is 525. The predicted molar refractivity (Wildman–Crippen MR) is 94.6 cm³/mol. The average Bonchev–Trinajstić information content (AvgIpc) is 2.87. The topological polar surface area (TPSA) is 52.7 Å². The number of amides is 3. The summed E-state index contributed by atoms with van der Waals surface area (Å²) in [6.07, 6.45) is 5.40. The van der Waals surface area contributed by atoms with Crippen molar-refractivity contribution in [3.63, 3.8) is 0 Å². The molecule has 3 unspecified atom stereocenters. The molecule has 3 rings (SSSR count). The quantitative estimate of drug-likeness (QED) is 0.843. The summed E-state index contributed by atoms with van der Waals surface area (Å²) in [7, 11) is 1.86. The van der Waals surface area contributed by atoms with Crippen LogP contribution in [0.1, 0.15) is 59.8 Å². The van der Waals surface area contributed by atoms with E-state index in [2.05, 4.69) is 26.1 Å². The highest BCUT2D eigenvalue weighted by molar-refractivity contribution is 5.75. The molecule has 1 heterocycles. The molecule has 0 aromatic rings. The van der Waals surface area contributed by atoms with Crippen LogP contribution in [0, 0.1) is 16.7 Å². The zero-order chi connectivity index (χ0) is 17.7. The summed E-state index contributed by atoms with van der Waals surface area (Å²) in [5, 5.41) is 3.35. The molecule has 3 aliphatic rings. The summed E-state index contributed by atoms with van der Waals surface area (Å²) in [6.45, 7) is 10.2. The molecule has 2 aliphatic carbocycles. The van der Waals surface area contributed by atoms with Crippen LogP contribution in [-0.2, 0) is 4.79 Å². The predicted octanol–water partition coefficient (Wildman–Crippen LogP) is 2.85. The zero-order valence-corrected chi connectivity index (χ0v) is 15.9. The van der Waals surface area contributed by atoms with E-state index in [9.17, 15) is 9.59 Å². The number of rotatable bonds is 2. The van der Waals surface area contributed by atoms with Crippen LogP contribution in [0.25, 0.3) is 0 Å². The van der Waals surface area contributed by atoms with Crippen molar-refractivity contribution in [1.29, 1.82) is 0 Å². The van der Waals surface area contributed by atoms with E-state index in [-0.39, 0.29) is 23.4 Å². The van der Waals surface area contributed by atoms with Crippen molar-refractivity contribution in [2.24, 2.45) is 16.7 Å². The monoisotopic (exact) mass is 335 g/mol. The molecular weight excluding hydrogens is 302 g/mol. The van der Waals surface area contributed by atoms with Crippen LogP contribution in [0.3, 0.4) is 0 Å². The molecule has 1 N–H and O–H groups in total. The molecule has 5 nitrogen and oxygen atoms in total. The minimum absolute atomic E-state index is 0.0912. The van der Waals surface area contributed by atoms with Gasteiger partial charge in [0.05, 0.1) is 0 Å². The number of nitrogens with one attached hydrogen (secondary N) is 1. The van der Waals surface area contributed by atoms with Crippen molar-refractivity contribution in [3.8, 4) is 0 Å². The Morgan fingerprint density at radius 1 is 1.12 bits per heavy atom. The lowest BCUT2D eigenvalue weighted by Crippen LogP contribution is -2.54. The maximum atomic E-state index is 12.7. The largest absolute Gasteiger partial charge is 0.343 e. The smallest absolute Gasteiger partial charge is 0.317 e. The number of urea groups is 1. The van der Waals surface area contributed by atoms with Crippen LogP contribution in [0.2, 0.25) is 0 Å². The number of carbonyl (C=O) groups is 2. The molecule has 3 atom stereocenters. The van der Waals surface area contributed by atoms with E-state index in [0.717, 1.165) is 38.3 Å². The highest BCUT2D eigenvalue weighted by Crippen LogP contribution is 2.65. The van der Waals surface area contributed by atoms with Gasteiger partial charge in [0, 0.05) is 39.1 Å². The lowest BCUT2D eigenvalue weighted by Gasteiger charge is -2.41. The third kappa shape index (κ3) is 2.60. The van der Waals surface area contributed by atoms with Crippen molar-refractivity contribution in [3.05, 3.63) is 0 Å². The zero-order valence-electron chi connectivity index (χ0n) is 15.9. The lowest BCUT2D eigenvalue weighted by atomic mass is 9.69. The van der Waals surface area contributed by atoms with E-state index in [0.29, 0.717) is 11.5 Å². The molecule has 3 amide bonds. The molecular formula is C19H33N3O2. The van der Waals surface area contributed by atoms with E-state index < -0.39 is 0 Å². The average molecular weight is 335 g/mol. The van der Waals surface area contributed by atoms with Gasteiger partial charge in [-0.05, 0) is 48.9 Å². The van der Waals surface area contributed by atoms with Gasteiger partial charge in [-0.25, -0.2) is 4.79 Å². The Morgan fingerprint density at radius 3 is 2.21 bits per heavy atom. The number of hydrogen-bond acceptors (Lipinski definition) is 2. The molecule has 0 aromatic heterocycles. The Morgan fingerprint density at radius 2 is 1.75 bits per heavy atom. The van der Waals surface area contributed by atoms with Gasteiger partial charge >= 0.3 is 6.03 Å². The molecule has 0 radical (unpaired) electrons. The van der Waals surface area contributed by atoms with E-state index in [1.54, 1.807) is 6.92 Å². The van der Waals surface area contributed by atoms with Gasteiger partial charge < -0.3 is 15.1 Å². The van der Waals surface area contributed by atoms with Crippen molar-refractivity contribution in [2.45, 2.75) is 71.9 Å². The fourth-order valence-electron chi connectivity index (χ4n) is 5.38. The molecule has 5 heteroatoms. The van der Waals surface area contributed by atoms with Crippen molar-refractivity contribution in [1.82, 2.24) is 15.1 Å². The SMILES string of the molecule is CC(=O)N(C)C1CCN(C(=O)NC2CC3CCC2(C)C3(C)C)CC1. The Balaban J connectivity index is 1.55. The van der Waals surface area contributed by atoms with Gasteiger partial charge in [0.25, 0.3) is 0 Å². The molecule has 2 saturated carbocycles. The van der Waals surface area contributed by atoms with E-state index in [4.69, 9.17) is 0 Å². The van der Waals surface area contributed by atoms with E-state index in [1.807, 2.05) is 16.8 Å². The minimum atomic E-state index is 0.0912. The summed E-state index contributed by atoms with van der Waals surface area (Å²) in [5.41, 5.74) is 0.544. The van der Waals surface area contributed by atoms with Gasteiger partial charge in [-0.2, -0.15) is 0 Å². The number of carbonyl (C=O) groups excluding carboxylic acids is 2. The first-order valence-corrected chi connectivity index (χ1v) is 9.45. The van der Waals surface area contributed by atoms with Crippen molar-refractivity contribution >= 4 is 11.9 Å². The van der Waals surface area contributed by atoms with Crippen LogP contribution in [0.4, 0.5) is 4.79 Å². The highest BCUT2D eigenvalue weighted by atomic mass is 16.2. The van der Waals surface area contributed by atoms with Gasteiger partial charge in [-0.15, -0.1) is 0 Å². The van der Waals surface area contributed by atoms with Crippen LogP contribution < -0.4 is 5.32 Å². The van der Waals surface area contributed by atoms with Crippen LogP contribution >= 0.6 is 0 Å². The van der Waals surface area contributed by atoms with Gasteiger partial charge in [-0.3, -0.25) is 4.79 Å². The first-order valence-electron chi connectivity index (χ1n) is 9.45. The Kier molecular flexibility index (Phi) is 4.33. The molecule has 0 spiro atoms. The van der Waals surface area contributed by atoms with E-state index in [1.165, 1.54) is 12.8 Å². The highest BCUT2D eigenvalue weighted by Gasteiger charge is 2.61. The molecule has 24 heavy (non-hydrogen) atoms. The van der Waals surface area contributed by atoms with Crippen LogP contribution in [-0.4, -0.2) is 54.0 Å². The first kappa shape index (κ1) is 17.6. The lowest BCUT2D eigenvalue weighted by molar-refractivity contribution is -0.130. The molecule has 0 aromatic carbocycles. The summed E-state index contributed by atoms with van der Waals surface area (Å²) < 4.78 is 0. The fourth-order valence-corrected chi connectivity index (χ4v) is 5.38. The summed E-state index contributed by atoms with van der Waals surface area (Å²) >= 11 is 0. The van der Waals surface area contributed by atoms with Crippen molar-refractivity contribution in [2.75, 3.05) is 20.1 Å². The summed E-state index contributed by atoms with van der Waals surface area (Å²) in [6, 6.07) is 0.662. The maximum absolute atomic E-state index is 12.7. The van der Waals surface area contributed by atoms with Gasteiger partial charge in [0.1, 0.15) is 0 Å². The number of nitrogens with zero attached hydrogens (tertiary/aromatic N) is 2. The fraction of sp³-hybridized carbons (Fsp3) is 0.895. The maximum Gasteiger partial charge on any atom is 0.317 e. The molecule has 1 aliphatic heterocycles. The number of fused-ring (bicyclic) bond motifs is 2. The number of hydrogen-bond donors (Lipinski definition) is 1. The Hall–Kier alpha value is -1.26. The normalized spacial score (nSPS) is 35.1. The first-order chi connectivity index (χ1) is 11.2. The van der Waals surface area contributed by atoms with Gasteiger partial charge in [0.15, 0.2) is 0 Å². The van der Waals surface area contributed by atoms with E-state index >= 15 is 0 Å². The molecule has 3 fully saturated rings. The molecule has 2 bridgehead atoms. The Labute approximate surface area is 146 Å². The third-order valence-corrected chi connectivity index (χ3v) is 7.89. The summed E-state index contributed by atoms with van der Waals surface area (Å²) in [5.74, 6) is 0.845. The number of piperidine rings is 1. The molecule has 1 saturated heterocycles. The molecule has 136 valence electrons. The van der Waals surface area contributed by atoms with Crippen LogP contribution in [0.15, 0.2) is 0 Å². The second-order valence-electron chi connectivity index (χ2n) is 8.96. The standard InChI is InChI=1S/C19H33N3O2/c1-13(23)21(5)15-7-10-22(11-8-15)17(24)20-16-12-14-6-9-19(16,4)18(14,2)3/h14-16H,6-12H2,1-5H3,(H,20,24). The third-order valence-electron chi connectivity index (χ3n) is 7.89. The second kappa shape index (κ2) is 5.92. The number of likely N-dealkylation sites (tertiary alicyclic amines) is 1. The van der Waals surface area contributed by atoms with Gasteiger partial charge in [0.2, 0.25) is 5.91 Å².